The molecule has 2 nitrogen and oxygen atoms in total. The van der Waals surface area contributed by atoms with Crippen LogP contribution in [0.5, 0.6) is 0 Å². The molecule has 0 amide bonds. The number of hydrogen-bond donors (Lipinski definition) is 0. The fraction of sp³-hybridized carbons (Fsp3) is 0.875. The Labute approximate surface area is 61.6 Å². The van der Waals surface area contributed by atoms with Gasteiger partial charge in [-0.2, -0.15) is 0 Å². The van der Waals surface area contributed by atoms with Gasteiger partial charge in [0.2, 0.25) is 0 Å². The van der Waals surface area contributed by atoms with Crippen molar-refractivity contribution in [3.63, 3.8) is 0 Å². The predicted octanol–water partition coefficient (Wildman–Crippen LogP) is 1.59. The number of ether oxygens (including phenoxy) is 1. The van der Waals surface area contributed by atoms with Crippen molar-refractivity contribution >= 4 is 5.97 Å². The van der Waals surface area contributed by atoms with Crippen molar-refractivity contribution in [2.45, 2.75) is 33.3 Å². The molecule has 1 fully saturated rings. The van der Waals surface area contributed by atoms with Crippen molar-refractivity contribution in [3.8, 4) is 0 Å². The molecule has 1 heterocycles. The number of rotatable bonds is 0. The minimum Gasteiger partial charge on any atom is -0.462 e. The lowest BCUT2D eigenvalue weighted by molar-refractivity contribution is -0.162. The SMILES string of the molecule is C[C@@H]1C[C@H](C)[C@@H](C)OC1=O. The second-order valence-electron chi connectivity index (χ2n) is 3.26. The molecule has 0 unspecified atom stereocenters. The van der Waals surface area contributed by atoms with Gasteiger partial charge in [-0.1, -0.05) is 13.8 Å². The van der Waals surface area contributed by atoms with Crippen LogP contribution in [0.15, 0.2) is 0 Å². The molecule has 0 spiro atoms. The summed E-state index contributed by atoms with van der Waals surface area (Å²) in [5.74, 6) is 0.587. The second kappa shape index (κ2) is 2.60. The lowest BCUT2D eigenvalue weighted by Gasteiger charge is -2.29. The van der Waals surface area contributed by atoms with Gasteiger partial charge in [0.25, 0.3) is 0 Å². The molecule has 58 valence electrons. The normalized spacial score (nSPS) is 41.1. The summed E-state index contributed by atoms with van der Waals surface area (Å²) < 4.78 is 5.07. The highest BCUT2D eigenvalue weighted by molar-refractivity contribution is 5.72. The molecule has 0 N–H and O–H groups in total. The van der Waals surface area contributed by atoms with Gasteiger partial charge in [0.05, 0.1) is 5.92 Å². The summed E-state index contributed by atoms with van der Waals surface area (Å²) in [5.41, 5.74) is 0. The zero-order chi connectivity index (χ0) is 7.72. The first-order chi connectivity index (χ1) is 4.61. The van der Waals surface area contributed by atoms with Crippen molar-refractivity contribution in [2.24, 2.45) is 11.8 Å². The summed E-state index contributed by atoms with van der Waals surface area (Å²) in [4.78, 5) is 10.9. The van der Waals surface area contributed by atoms with Crippen LogP contribution in [0, 0.1) is 11.8 Å². The van der Waals surface area contributed by atoms with E-state index >= 15 is 0 Å². The average molecular weight is 142 g/mol. The van der Waals surface area contributed by atoms with Crippen molar-refractivity contribution < 1.29 is 9.53 Å². The van der Waals surface area contributed by atoms with E-state index in [-0.39, 0.29) is 18.0 Å². The first kappa shape index (κ1) is 7.58. The van der Waals surface area contributed by atoms with Gasteiger partial charge in [-0.3, -0.25) is 4.79 Å². The summed E-state index contributed by atoms with van der Waals surface area (Å²) in [6.07, 6.45) is 1.09. The number of carbonyl (C=O) groups excluding carboxylic acids is 1. The number of carbonyl (C=O) groups is 1. The van der Waals surface area contributed by atoms with E-state index in [1.807, 2.05) is 13.8 Å². The van der Waals surface area contributed by atoms with Gasteiger partial charge in [0.1, 0.15) is 6.10 Å². The van der Waals surface area contributed by atoms with Crippen LogP contribution in [0.4, 0.5) is 0 Å². The molecule has 0 aliphatic carbocycles. The van der Waals surface area contributed by atoms with Crippen LogP contribution in [0.3, 0.4) is 0 Å². The molecule has 0 radical (unpaired) electrons. The van der Waals surface area contributed by atoms with Crippen LogP contribution in [-0.2, 0) is 9.53 Å². The first-order valence-corrected chi connectivity index (χ1v) is 3.81. The third-order valence-corrected chi connectivity index (χ3v) is 2.23. The Bertz CT molecular complexity index is 142. The van der Waals surface area contributed by atoms with E-state index in [0.717, 1.165) is 6.42 Å². The molecular formula is C8H14O2. The van der Waals surface area contributed by atoms with E-state index in [0.29, 0.717) is 5.92 Å². The van der Waals surface area contributed by atoms with Crippen LogP contribution in [-0.4, -0.2) is 12.1 Å². The highest BCUT2D eigenvalue weighted by Gasteiger charge is 2.29. The Morgan fingerprint density at radius 1 is 1.40 bits per heavy atom. The van der Waals surface area contributed by atoms with Gasteiger partial charge in [-0.25, -0.2) is 0 Å². The molecular weight excluding hydrogens is 128 g/mol. The molecule has 3 atom stereocenters. The number of hydrogen-bond acceptors (Lipinski definition) is 2. The fourth-order valence-electron chi connectivity index (χ4n) is 1.26. The van der Waals surface area contributed by atoms with Crippen LogP contribution >= 0.6 is 0 Å². The third-order valence-electron chi connectivity index (χ3n) is 2.23. The minimum absolute atomic E-state index is 0.0365. The van der Waals surface area contributed by atoms with Crippen LogP contribution < -0.4 is 0 Å². The quantitative estimate of drug-likeness (QED) is 0.480. The fourth-order valence-corrected chi connectivity index (χ4v) is 1.26. The van der Waals surface area contributed by atoms with Crippen molar-refractivity contribution in [3.05, 3.63) is 0 Å². The lowest BCUT2D eigenvalue weighted by atomic mass is 9.91. The third kappa shape index (κ3) is 1.31. The standard InChI is InChI=1S/C8H14O2/c1-5-4-6(2)8(9)10-7(5)3/h5-7H,4H2,1-3H3/t5-,6+,7+/m0/s1. The van der Waals surface area contributed by atoms with Gasteiger partial charge in [0, 0.05) is 0 Å². The zero-order valence-corrected chi connectivity index (χ0v) is 6.76. The molecule has 0 aromatic heterocycles. The zero-order valence-electron chi connectivity index (χ0n) is 6.76. The van der Waals surface area contributed by atoms with Gasteiger partial charge < -0.3 is 4.74 Å². The molecule has 0 aromatic carbocycles. The number of esters is 1. The highest BCUT2D eigenvalue weighted by atomic mass is 16.5. The Hall–Kier alpha value is -0.530. The number of cyclic esters (lactones) is 1. The Kier molecular flexibility index (Phi) is 1.97. The summed E-state index contributed by atoms with van der Waals surface area (Å²) in [7, 11) is 0. The first-order valence-electron chi connectivity index (χ1n) is 3.81. The molecule has 10 heavy (non-hydrogen) atoms. The van der Waals surface area contributed by atoms with Gasteiger partial charge in [-0.05, 0) is 19.3 Å². The largest absolute Gasteiger partial charge is 0.462 e. The van der Waals surface area contributed by atoms with Crippen molar-refractivity contribution in [1.82, 2.24) is 0 Å². The van der Waals surface area contributed by atoms with E-state index in [1.54, 1.807) is 0 Å². The van der Waals surface area contributed by atoms with E-state index in [4.69, 9.17) is 4.74 Å². The van der Waals surface area contributed by atoms with E-state index in [1.165, 1.54) is 0 Å². The molecule has 1 rings (SSSR count). The average Bonchev–Trinajstić information content (AvgIpc) is 1.84. The lowest BCUT2D eigenvalue weighted by Crippen LogP contribution is -2.33. The van der Waals surface area contributed by atoms with Crippen LogP contribution in [0.2, 0.25) is 0 Å². The van der Waals surface area contributed by atoms with Crippen LogP contribution in [0.1, 0.15) is 27.2 Å². The van der Waals surface area contributed by atoms with E-state index < -0.39 is 0 Å². The molecule has 1 aliphatic rings. The molecule has 2 heteroatoms. The Balaban J connectivity index is 2.54. The van der Waals surface area contributed by atoms with Gasteiger partial charge in [-0.15, -0.1) is 0 Å². The summed E-state index contributed by atoms with van der Waals surface area (Å²) in [6, 6.07) is 0. The maximum Gasteiger partial charge on any atom is 0.308 e. The Morgan fingerprint density at radius 2 is 2.00 bits per heavy atom. The van der Waals surface area contributed by atoms with Gasteiger partial charge in [0.15, 0.2) is 0 Å². The molecule has 0 saturated carbocycles. The molecule has 1 saturated heterocycles. The Morgan fingerprint density at radius 3 is 2.50 bits per heavy atom. The minimum atomic E-state index is -0.0365. The topological polar surface area (TPSA) is 26.3 Å². The summed E-state index contributed by atoms with van der Waals surface area (Å²) in [5, 5.41) is 0. The van der Waals surface area contributed by atoms with Crippen LogP contribution in [0.25, 0.3) is 0 Å². The predicted molar refractivity (Wildman–Crippen MR) is 38.5 cm³/mol. The maximum absolute atomic E-state index is 10.9. The smallest absolute Gasteiger partial charge is 0.308 e. The molecule has 1 aliphatic heterocycles. The molecule has 0 bridgehead atoms. The van der Waals surface area contributed by atoms with E-state index in [2.05, 4.69) is 6.92 Å². The second-order valence-corrected chi connectivity index (χ2v) is 3.26. The van der Waals surface area contributed by atoms with Crippen molar-refractivity contribution in [2.75, 3.05) is 0 Å². The molecule has 0 aromatic rings. The van der Waals surface area contributed by atoms with Gasteiger partial charge >= 0.3 is 5.97 Å². The monoisotopic (exact) mass is 142 g/mol. The van der Waals surface area contributed by atoms with E-state index in [9.17, 15) is 4.79 Å². The summed E-state index contributed by atoms with van der Waals surface area (Å²) >= 11 is 0. The summed E-state index contributed by atoms with van der Waals surface area (Å²) in [6.45, 7) is 5.99. The maximum atomic E-state index is 10.9. The highest BCUT2D eigenvalue weighted by Crippen LogP contribution is 2.24. The van der Waals surface area contributed by atoms with Crippen molar-refractivity contribution in [1.29, 1.82) is 0 Å².